The first-order valence-corrected chi connectivity index (χ1v) is 8.62. The van der Waals surface area contributed by atoms with Gasteiger partial charge in [0.2, 0.25) is 0 Å². The Labute approximate surface area is 140 Å². The third kappa shape index (κ3) is 5.52. The Kier molecular flexibility index (Phi) is 6.86. The molecule has 0 saturated carbocycles. The molecule has 2 amide bonds. The molecule has 128 valence electrons. The lowest BCUT2D eigenvalue weighted by atomic mass is 10.0. The van der Waals surface area contributed by atoms with E-state index in [0.717, 1.165) is 32.6 Å². The fraction of sp³-hybridized carbons (Fsp3) is 0.611. The van der Waals surface area contributed by atoms with Crippen LogP contribution in [0, 0.1) is 0 Å². The third-order valence-corrected chi connectivity index (χ3v) is 4.61. The summed E-state index contributed by atoms with van der Waals surface area (Å²) in [7, 11) is 2.16. The maximum atomic E-state index is 12.0. The molecule has 0 aliphatic carbocycles. The highest BCUT2D eigenvalue weighted by molar-refractivity contribution is 5.74. The summed E-state index contributed by atoms with van der Waals surface area (Å²) in [5.74, 6) is 0. The fourth-order valence-corrected chi connectivity index (χ4v) is 2.83. The third-order valence-electron chi connectivity index (χ3n) is 4.61. The molecular formula is C18H30N4O. The summed E-state index contributed by atoms with van der Waals surface area (Å²) in [4.78, 5) is 16.9. The van der Waals surface area contributed by atoms with E-state index in [1.807, 2.05) is 13.0 Å². The predicted molar refractivity (Wildman–Crippen MR) is 94.5 cm³/mol. The van der Waals surface area contributed by atoms with E-state index in [9.17, 15) is 4.79 Å². The number of piperazine rings is 1. The average molecular weight is 318 g/mol. The van der Waals surface area contributed by atoms with Crippen LogP contribution in [0.3, 0.4) is 0 Å². The molecule has 5 nitrogen and oxygen atoms in total. The molecule has 1 fully saturated rings. The standard InChI is InChI=1S/C18H30N4O/c1-4-15(2)20-18(23)19-14-17(16-8-6-5-7-9-16)22-12-10-21(3)11-13-22/h5-9,15,17H,4,10-14H2,1-3H3,(H2,19,20,23). The first-order valence-electron chi connectivity index (χ1n) is 8.62. The second-order valence-electron chi connectivity index (χ2n) is 6.43. The average Bonchev–Trinajstić information content (AvgIpc) is 2.57. The normalized spacial score (nSPS) is 19.1. The first-order chi connectivity index (χ1) is 11.1. The SMILES string of the molecule is CCC(C)NC(=O)NCC(c1ccccc1)N1CCN(C)CC1. The zero-order valence-corrected chi connectivity index (χ0v) is 14.6. The van der Waals surface area contributed by atoms with Gasteiger partial charge in [0.05, 0.1) is 6.04 Å². The number of nitrogens with zero attached hydrogens (tertiary/aromatic N) is 2. The summed E-state index contributed by atoms with van der Waals surface area (Å²) in [6.45, 7) is 8.94. The molecule has 5 heteroatoms. The molecule has 1 aromatic carbocycles. The lowest BCUT2D eigenvalue weighted by molar-refractivity contribution is 0.111. The van der Waals surface area contributed by atoms with E-state index in [4.69, 9.17) is 0 Å². The van der Waals surface area contributed by atoms with Crippen molar-refractivity contribution in [2.75, 3.05) is 39.8 Å². The van der Waals surface area contributed by atoms with Gasteiger partial charge in [0, 0.05) is 38.8 Å². The van der Waals surface area contributed by atoms with Crippen LogP contribution in [-0.2, 0) is 0 Å². The number of carbonyl (C=O) groups is 1. The molecule has 0 aromatic heterocycles. The van der Waals surface area contributed by atoms with Crippen LogP contribution in [0.2, 0.25) is 0 Å². The molecular weight excluding hydrogens is 288 g/mol. The molecule has 2 N–H and O–H groups in total. The van der Waals surface area contributed by atoms with Crippen LogP contribution < -0.4 is 10.6 Å². The summed E-state index contributed by atoms with van der Waals surface area (Å²) >= 11 is 0. The molecule has 1 aliphatic heterocycles. The van der Waals surface area contributed by atoms with E-state index in [1.165, 1.54) is 5.56 Å². The van der Waals surface area contributed by atoms with Gasteiger partial charge in [-0.1, -0.05) is 37.3 Å². The maximum absolute atomic E-state index is 12.0. The van der Waals surface area contributed by atoms with Gasteiger partial charge in [-0.2, -0.15) is 0 Å². The monoisotopic (exact) mass is 318 g/mol. The van der Waals surface area contributed by atoms with Gasteiger partial charge in [0.25, 0.3) is 0 Å². The molecule has 1 heterocycles. The molecule has 23 heavy (non-hydrogen) atoms. The number of rotatable bonds is 6. The Morgan fingerprint density at radius 1 is 1.17 bits per heavy atom. The summed E-state index contributed by atoms with van der Waals surface area (Å²) in [6, 6.07) is 10.8. The zero-order chi connectivity index (χ0) is 16.7. The van der Waals surface area contributed by atoms with Crippen molar-refractivity contribution in [2.24, 2.45) is 0 Å². The minimum absolute atomic E-state index is 0.0746. The van der Waals surface area contributed by atoms with Crippen LogP contribution in [0.4, 0.5) is 4.79 Å². The minimum Gasteiger partial charge on any atom is -0.336 e. The molecule has 0 spiro atoms. The summed E-state index contributed by atoms with van der Waals surface area (Å²) in [5.41, 5.74) is 1.26. The van der Waals surface area contributed by atoms with Crippen molar-refractivity contribution in [3.63, 3.8) is 0 Å². The number of hydrogen-bond donors (Lipinski definition) is 2. The highest BCUT2D eigenvalue weighted by atomic mass is 16.2. The fourth-order valence-electron chi connectivity index (χ4n) is 2.83. The lowest BCUT2D eigenvalue weighted by Crippen LogP contribution is -2.50. The molecule has 1 aliphatic rings. The topological polar surface area (TPSA) is 47.6 Å². The Balaban J connectivity index is 1.98. The van der Waals surface area contributed by atoms with Gasteiger partial charge in [-0.15, -0.1) is 0 Å². The Hall–Kier alpha value is -1.59. The van der Waals surface area contributed by atoms with Gasteiger partial charge in [-0.3, -0.25) is 4.90 Å². The highest BCUT2D eigenvalue weighted by Crippen LogP contribution is 2.21. The molecule has 2 atom stereocenters. The van der Waals surface area contributed by atoms with E-state index in [1.54, 1.807) is 0 Å². The van der Waals surface area contributed by atoms with Gasteiger partial charge >= 0.3 is 6.03 Å². The van der Waals surface area contributed by atoms with Gasteiger partial charge in [0.1, 0.15) is 0 Å². The number of benzene rings is 1. The zero-order valence-electron chi connectivity index (χ0n) is 14.6. The van der Waals surface area contributed by atoms with Crippen molar-refractivity contribution < 1.29 is 4.79 Å². The molecule has 1 saturated heterocycles. The van der Waals surface area contributed by atoms with E-state index in [0.29, 0.717) is 6.54 Å². The first kappa shape index (κ1) is 17.8. The molecule has 0 bridgehead atoms. The van der Waals surface area contributed by atoms with Crippen molar-refractivity contribution in [3.05, 3.63) is 35.9 Å². The molecule has 2 unspecified atom stereocenters. The lowest BCUT2D eigenvalue weighted by Gasteiger charge is -2.38. The van der Waals surface area contributed by atoms with Crippen LogP contribution >= 0.6 is 0 Å². The van der Waals surface area contributed by atoms with Gasteiger partial charge in [-0.25, -0.2) is 4.79 Å². The number of nitrogens with one attached hydrogen (secondary N) is 2. The highest BCUT2D eigenvalue weighted by Gasteiger charge is 2.24. The predicted octanol–water partition coefficient (Wildman–Crippen LogP) is 2.07. The van der Waals surface area contributed by atoms with E-state index >= 15 is 0 Å². The van der Waals surface area contributed by atoms with Crippen molar-refractivity contribution in [1.82, 2.24) is 20.4 Å². The molecule has 0 radical (unpaired) electrons. The van der Waals surface area contributed by atoms with Crippen LogP contribution in [-0.4, -0.2) is 61.6 Å². The van der Waals surface area contributed by atoms with Crippen molar-refractivity contribution in [2.45, 2.75) is 32.4 Å². The van der Waals surface area contributed by atoms with Crippen molar-refractivity contribution in [1.29, 1.82) is 0 Å². The van der Waals surface area contributed by atoms with Crippen LogP contribution in [0.15, 0.2) is 30.3 Å². The summed E-state index contributed by atoms with van der Waals surface area (Å²) < 4.78 is 0. The number of amides is 2. The second kappa shape index (κ2) is 8.89. The van der Waals surface area contributed by atoms with E-state index < -0.39 is 0 Å². The van der Waals surface area contributed by atoms with Gasteiger partial charge < -0.3 is 15.5 Å². The molecule has 1 aromatic rings. The number of carbonyl (C=O) groups excluding carboxylic acids is 1. The van der Waals surface area contributed by atoms with E-state index in [-0.39, 0.29) is 18.1 Å². The quantitative estimate of drug-likeness (QED) is 0.844. The smallest absolute Gasteiger partial charge is 0.315 e. The van der Waals surface area contributed by atoms with Crippen LogP contribution in [0.5, 0.6) is 0 Å². The summed E-state index contributed by atoms with van der Waals surface area (Å²) in [6.07, 6.45) is 0.938. The molecule has 2 rings (SSSR count). The van der Waals surface area contributed by atoms with Gasteiger partial charge in [-0.05, 0) is 26.0 Å². The van der Waals surface area contributed by atoms with E-state index in [2.05, 4.69) is 58.7 Å². The largest absolute Gasteiger partial charge is 0.336 e. The van der Waals surface area contributed by atoms with Crippen LogP contribution in [0.25, 0.3) is 0 Å². The minimum atomic E-state index is -0.0746. The Morgan fingerprint density at radius 2 is 1.83 bits per heavy atom. The van der Waals surface area contributed by atoms with Gasteiger partial charge in [0.15, 0.2) is 0 Å². The van der Waals surface area contributed by atoms with Crippen molar-refractivity contribution in [3.8, 4) is 0 Å². The Morgan fingerprint density at radius 3 is 2.43 bits per heavy atom. The van der Waals surface area contributed by atoms with Crippen molar-refractivity contribution >= 4 is 6.03 Å². The summed E-state index contributed by atoms with van der Waals surface area (Å²) in [5, 5.41) is 6.02. The maximum Gasteiger partial charge on any atom is 0.315 e. The number of urea groups is 1. The number of likely N-dealkylation sites (N-methyl/N-ethyl adjacent to an activating group) is 1. The van der Waals surface area contributed by atoms with Crippen LogP contribution in [0.1, 0.15) is 31.9 Å². The number of hydrogen-bond acceptors (Lipinski definition) is 3. The Bertz CT molecular complexity index is 471. The second-order valence-corrected chi connectivity index (χ2v) is 6.43.